The average Bonchev–Trinajstić information content (AvgIpc) is 2.22. The molecule has 0 aromatic rings. The van der Waals surface area contributed by atoms with E-state index in [0.29, 0.717) is 6.42 Å². The Morgan fingerprint density at radius 1 is 1.26 bits per heavy atom. The predicted octanol–water partition coefficient (Wildman–Crippen LogP) is 3.20. The molecule has 0 aliphatic rings. The first kappa shape index (κ1) is 18.3. The molecule has 112 valence electrons. The molecule has 0 amide bonds. The maximum absolute atomic E-state index is 12.1. The Morgan fingerprint density at radius 3 is 2.11 bits per heavy atom. The normalized spacial score (nSPS) is 15.1. The molecule has 0 saturated carbocycles. The van der Waals surface area contributed by atoms with Crippen molar-refractivity contribution in [3.8, 4) is 0 Å². The van der Waals surface area contributed by atoms with Crippen LogP contribution in [-0.2, 0) is 14.3 Å². The Bertz CT molecular complexity index is 320. The van der Waals surface area contributed by atoms with Crippen molar-refractivity contribution < 1.29 is 19.4 Å². The smallest absolute Gasteiger partial charge is 0.324 e. The van der Waals surface area contributed by atoms with E-state index in [0.717, 1.165) is 0 Å². The van der Waals surface area contributed by atoms with E-state index < -0.39 is 17.4 Å². The molecule has 1 N–H and O–H groups in total. The van der Waals surface area contributed by atoms with Crippen LogP contribution in [-0.4, -0.2) is 34.2 Å². The molecule has 0 bridgehead atoms. The van der Waals surface area contributed by atoms with Gasteiger partial charge >= 0.3 is 11.9 Å². The first-order valence-electron chi connectivity index (χ1n) is 6.59. The van der Waals surface area contributed by atoms with Crippen LogP contribution >= 0.6 is 11.8 Å². The summed E-state index contributed by atoms with van der Waals surface area (Å²) in [6.07, 6.45) is 0.296. The molecule has 5 heteroatoms. The van der Waals surface area contributed by atoms with Crippen LogP contribution in [0.25, 0.3) is 0 Å². The van der Waals surface area contributed by atoms with Gasteiger partial charge in [0.15, 0.2) is 5.41 Å². The molecule has 0 aliphatic carbocycles. The first-order chi connectivity index (χ1) is 8.55. The zero-order valence-electron chi connectivity index (χ0n) is 12.8. The molecule has 0 unspecified atom stereocenters. The van der Waals surface area contributed by atoms with Crippen molar-refractivity contribution in [3.63, 3.8) is 0 Å². The van der Waals surface area contributed by atoms with Crippen molar-refractivity contribution >= 4 is 23.7 Å². The number of carboxylic acids is 1. The molecule has 0 rings (SSSR count). The molecule has 0 aromatic heterocycles. The third kappa shape index (κ3) is 5.85. The number of hydrogen-bond acceptors (Lipinski definition) is 4. The second-order valence-electron chi connectivity index (χ2n) is 6.11. The van der Waals surface area contributed by atoms with Crippen molar-refractivity contribution in [1.29, 1.82) is 0 Å². The van der Waals surface area contributed by atoms with Crippen LogP contribution < -0.4 is 0 Å². The number of carbonyl (C=O) groups excluding carboxylic acids is 1. The second kappa shape index (κ2) is 7.17. The summed E-state index contributed by atoms with van der Waals surface area (Å²) < 4.78 is 4.91. The van der Waals surface area contributed by atoms with Crippen molar-refractivity contribution in [1.82, 2.24) is 0 Å². The molecule has 0 aliphatic heterocycles. The van der Waals surface area contributed by atoms with E-state index in [4.69, 9.17) is 4.74 Å². The lowest BCUT2D eigenvalue weighted by Crippen LogP contribution is -2.45. The molecule has 19 heavy (non-hydrogen) atoms. The summed E-state index contributed by atoms with van der Waals surface area (Å²) >= 11 is 1.48. The molecule has 0 heterocycles. The molecular weight excluding hydrogens is 264 g/mol. The molecule has 0 fully saturated rings. The van der Waals surface area contributed by atoms with Crippen LogP contribution in [0.4, 0.5) is 0 Å². The second-order valence-corrected chi connectivity index (χ2v) is 7.91. The highest BCUT2D eigenvalue weighted by Crippen LogP contribution is 2.37. The summed E-state index contributed by atoms with van der Waals surface area (Å²) in [5, 5.41) is 9.55. The molecule has 0 spiro atoms. The Hall–Kier alpha value is -0.710. The number of ether oxygens (including phenoxy) is 1. The largest absolute Gasteiger partial charge is 0.480 e. The van der Waals surface area contributed by atoms with Gasteiger partial charge in [0.25, 0.3) is 0 Å². The van der Waals surface area contributed by atoms with E-state index in [2.05, 4.69) is 0 Å². The summed E-state index contributed by atoms with van der Waals surface area (Å²) in [4.78, 5) is 23.8. The van der Waals surface area contributed by atoms with Crippen LogP contribution in [0.1, 0.15) is 48.0 Å². The molecule has 1 atom stereocenters. The van der Waals surface area contributed by atoms with E-state index in [1.165, 1.54) is 11.8 Å². The van der Waals surface area contributed by atoms with Gasteiger partial charge in [-0.05, 0) is 19.3 Å². The number of carbonyl (C=O) groups is 2. The van der Waals surface area contributed by atoms with Crippen LogP contribution in [0.3, 0.4) is 0 Å². The molecule has 4 nitrogen and oxygen atoms in total. The fraction of sp³-hybridized carbons (Fsp3) is 0.857. The van der Waals surface area contributed by atoms with Crippen molar-refractivity contribution in [2.75, 3.05) is 12.4 Å². The minimum atomic E-state index is -1.44. The summed E-state index contributed by atoms with van der Waals surface area (Å²) in [5.74, 6) is -1.35. The zero-order valence-corrected chi connectivity index (χ0v) is 13.6. The van der Waals surface area contributed by atoms with E-state index in [1.54, 1.807) is 6.92 Å². The lowest BCUT2D eigenvalue weighted by molar-refractivity contribution is -0.168. The number of aliphatic carboxylic acids is 1. The highest BCUT2D eigenvalue weighted by Gasteiger charge is 2.48. The quantitative estimate of drug-likeness (QED) is 0.576. The summed E-state index contributed by atoms with van der Waals surface area (Å²) in [5.41, 5.74) is -1.44. The van der Waals surface area contributed by atoms with Gasteiger partial charge in [-0.25, -0.2) is 0 Å². The predicted molar refractivity (Wildman–Crippen MR) is 78.4 cm³/mol. The SMILES string of the molecule is CCOC(=O)[C@@](CSC(C)(C)C)(CC(C)C)C(=O)O. The van der Waals surface area contributed by atoms with Crippen molar-refractivity contribution in [3.05, 3.63) is 0 Å². The van der Waals surface area contributed by atoms with Crippen LogP contribution in [0.15, 0.2) is 0 Å². The first-order valence-corrected chi connectivity index (χ1v) is 7.58. The molecular formula is C14H26O4S. The number of carboxylic acid groups (broad SMARTS) is 1. The topological polar surface area (TPSA) is 63.6 Å². The van der Waals surface area contributed by atoms with Gasteiger partial charge in [0.05, 0.1) is 6.61 Å². The van der Waals surface area contributed by atoms with Gasteiger partial charge in [0.2, 0.25) is 0 Å². The standard InChI is InChI=1S/C14H26O4S/c1-7-18-12(17)14(11(15)16,8-10(2)3)9-19-13(4,5)6/h10H,7-9H2,1-6H3,(H,15,16)/t14-/m1/s1. The van der Waals surface area contributed by atoms with Crippen LogP contribution in [0.5, 0.6) is 0 Å². The summed E-state index contributed by atoms with van der Waals surface area (Å²) in [6, 6.07) is 0. The lowest BCUT2D eigenvalue weighted by Gasteiger charge is -2.31. The Balaban J connectivity index is 5.26. The average molecular weight is 290 g/mol. The van der Waals surface area contributed by atoms with Gasteiger partial charge < -0.3 is 9.84 Å². The molecule has 0 saturated heterocycles. The van der Waals surface area contributed by atoms with Gasteiger partial charge in [0.1, 0.15) is 0 Å². The number of hydrogen-bond donors (Lipinski definition) is 1. The Morgan fingerprint density at radius 2 is 1.79 bits per heavy atom. The number of rotatable bonds is 7. The number of esters is 1. The molecule has 0 radical (unpaired) electrons. The summed E-state index contributed by atoms with van der Waals surface area (Å²) in [6.45, 7) is 11.7. The van der Waals surface area contributed by atoms with E-state index in [9.17, 15) is 14.7 Å². The Kier molecular flexibility index (Phi) is 6.91. The minimum absolute atomic E-state index is 0.0931. The van der Waals surface area contributed by atoms with Gasteiger partial charge in [0, 0.05) is 10.5 Å². The van der Waals surface area contributed by atoms with Crippen molar-refractivity contribution in [2.24, 2.45) is 11.3 Å². The highest BCUT2D eigenvalue weighted by molar-refractivity contribution is 8.00. The number of thioether (sulfide) groups is 1. The maximum Gasteiger partial charge on any atom is 0.324 e. The van der Waals surface area contributed by atoms with E-state index >= 15 is 0 Å². The summed E-state index contributed by atoms with van der Waals surface area (Å²) in [7, 11) is 0. The van der Waals surface area contributed by atoms with Crippen molar-refractivity contribution in [2.45, 2.75) is 52.7 Å². The van der Waals surface area contributed by atoms with E-state index in [1.807, 2.05) is 34.6 Å². The van der Waals surface area contributed by atoms with Gasteiger partial charge in [-0.2, -0.15) is 11.8 Å². The highest BCUT2D eigenvalue weighted by atomic mass is 32.2. The third-order valence-corrected chi connectivity index (χ3v) is 4.09. The van der Waals surface area contributed by atoms with Crippen LogP contribution in [0, 0.1) is 11.3 Å². The van der Waals surface area contributed by atoms with Crippen LogP contribution in [0.2, 0.25) is 0 Å². The Labute approximate surface area is 120 Å². The fourth-order valence-electron chi connectivity index (χ4n) is 1.74. The van der Waals surface area contributed by atoms with Gasteiger partial charge in [-0.1, -0.05) is 34.6 Å². The monoisotopic (exact) mass is 290 g/mol. The zero-order chi connectivity index (χ0) is 15.3. The van der Waals surface area contributed by atoms with Gasteiger partial charge in [-0.3, -0.25) is 9.59 Å². The lowest BCUT2D eigenvalue weighted by atomic mass is 9.82. The van der Waals surface area contributed by atoms with Gasteiger partial charge in [-0.15, -0.1) is 0 Å². The fourth-order valence-corrected chi connectivity index (χ4v) is 2.78. The minimum Gasteiger partial charge on any atom is -0.480 e. The molecule has 0 aromatic carbocycles. The third-order valence-electron chi connectivity index (χ3n) is 2.58. The van der Waals surface area contributed by atoms with E-state index in [-0.39, 0.29) is 23.0 Å². The maximum atomic E-state index is 12.1.